The van der Waals surface area contributed by atoms with Gasteiger partial charge in [-0.25, -0.2) is 0 Å². The van der Waals surface area contributed by atoms with Crippen molar-refractivity contribution in [2.75, 3.05) is 31.6 Å². The fourth-order valence-electron chi connectivity index (χ4n) is 1.64. The topological polar surface area (TPSA) is 40.5 Å². The molecule has 0 aliphatic carbocycles. The number of carbonyl (C=O) groups is 1. The van der Waals surface area contributed by atoms with Crippen LogP contribution in [0, 0.1) is 5.41 Å². The summed E-state index contributed by atoms with van der Waals surface area (Å²) in [5.41, 5.74) is -0.502. The van der Waals surface area contributed by atoms with E-state index in [1.165, 1.54) is 0 Å². The third kappa shape index (κ3) is 2.61. The highest BCUT2D eigenvalue weighted by Gasteiger charge is 2.39. The molecule has 1 unspecified atom stereocenters. The Morgan fingerprint density at radius 3 is 2.85 bits per heavy atom. The highest BCUT2D eigenvalue weighted by Crippen LogP contribution is 2.29. The van der Waals surface area contributed by atoms with E-state index < -0.39 is 11.4 Å². The van der Waals surface area contributed by atoms with E-state index in [2.05, 4.69) is 11.2 Å². The second-order valence-electron chi connectivity index (χ2n) is 3.88. The summed E-state index contributed by atoms with van der Waals surface area (Å²) < 4.78 is 0. The number of likely N-dealkylation sites (tertiary alicyclic amines) is 1. The molecule has 0 amide bonds. The van der Waals surface area contributed by atoms with Crippen LogP contribution in [-0.2, 0) is 4.79 Å². The van der Waals surface area contributed by atoms with E-state index in [4.69, 9.17) is 5.11 Å². The predicted molar refractivity (Wildman–Crippen MR) is 55.2 cm³/mol. The minimum atomic E-state index is -0.654. The molecule has 0 aromatic rings. The van der Waals surface area contributed by atoms with Crippen LogP contribution in [0.2, 0.25) is 0 Å². The van der Waals surface area contributed by atoms with Gasteiger partial charge in [-0.3, -0.25) is 4.79 Å². The second kappa shape index (κ2) is 4.33. The SMILES string of the molecule is CSCCN1CCC(C)(C(=O)O)C1. The fraction of sp³-hybridized carbons (Fsp3) is 0.889. The van der Waals surface area contributed by atoms with E-state index in [1.807, 2.05) is 18.7 Å². The Kier molecular flexibility index (Phi) is 3.62. The summed E-state index contributed by atoms with van der Waals surface area (Å²) in [5.74, 6) is 0.439. The lowest BCUT2D eigenvalue weighted by Crippen LogP contribution is -2.32. The molecule has 0 spiro atoms. The summed E-state index contributed by atoms with van der Waals surface area (Å²) >= 11 is 1.81. The Morgan fingerprint density at radius 1 is 1.69 bits per heavy atom. The van der Waals surface area contributed by atoms with E-state index in [0.29, 0.717) is 6.54 Å². The first-order valence-corrected chi connectivity index (χ1v) is 5.92. The Morgan fingerprint density at radius 2 is 2.38 bits per heavy atom. The number of rotatable bonds is 4. The minimum Gasteiger partial charge on any atom is -0.481 e. The molecule has 4 heteroatoms. The maximum absolute atomic E-state index is 10.9. The van der Waals surface area contributed by atoms with Crippen molar-refractivity contribution in [1.29, 1.82) is 0 Å². The lowest BCUT2D eigenvalue weighted by atomic mass is 9.90. The van der Waals surface area contributed by atoms with E-state index in [0.717, 1.165) is 25.3 Å². The summed E-state index contributed by atoms with van der Waals surface area (Å²) in [6.45, 7) is 4.50. The Labute approximate surface area is 83.5 Å². The average molecular weight is 203 g/mol. The molecule has 0 aromatic carbocycles. The van der Waals surface area contributed by atoms with Gasteiger partial charge in [0.2, 0.25) is 0 Å². The van der Waals surface area contributed by atoms with Gasteiger partial charge in [0.05, 0.1) is 5.41 Å². The number of hydrogen-bond donors (Lipinski definition) is 1. The zero-order chi connectivity index (χ0) is 9.90. The average Bonchev–Trinajstić information content (AvgIpc) is 2.45. The molecule has 0 saturated carbocycles. The van der Waals surface area contributed by atoms with E-state index in [1.54, 1.807) is 0 Å². The molecule has 76 valence electrons. The van der Waals surface area contributed by atoms with E-state index in [-0.39, 0.29) is 0 Å². The molecular formula is C9H17NO2S. The Bertz CT molecular complexity index is 198. The van der Waals surface area contributed by atoms with Gasteiger partial charge in [-0.1, -0.05) is 0 Å². The first-order chi connectivity index (χ1) is 6.08. The molecule has 1 saturated heterocycles. The highest BCUT2D eigenvalue weighted by molar-refractivity contribution is 7.98. The van der Waals surface area contributed by atoms with E-state index in [9.17, 15) is 4.79 Å². The number of carboxylic acid groups (broad SMARTS) is 1. The van der Waals surface area contributed by atoms with Gasteiger partial charge in [0.25, 0.3) is 0 Å². The van der Waals surface area contributed by atoms with Crippen molar-refractivity contribution in [2.45, 2.75) is 13.3 Å². The van der Waals surface area contributed by atoms with Crippen molar-refractivity contribution in [3.63, 3.8) is 0 Å². The van der Waals surface area contributed by atoms with Crippen LogP contribution < -0.4 is 0 Å². The largest absolute Gasteiger partial charge is 0.481 e. The minimum absolute atomic E-state index is 0.502. The standard InChI is InChI=1S/C9H17NO2S/c1-9(8(11)12)3-4-10(7-9)5-6-13-2/h3-7H2,1-2H3,(H,11,12). The van der Waals surface area contributed by atoms with Crippen molar-refractivity contribution >= 4 is 17.7 Å². The molecule has 13 heavy (non-hydrogen) atoms. The summed E-state index contributed by atoms with van der Waals surface area (Å²) in [4.78, 5) is 13.2. The van der Waals surface area contributed by atoms with Gasteiger partial charge in [-0.05, 0) is 26.1 Å². The fourth-order valence-corrected chi connectivity index (χ4v) is 2.08. The van der Waals surface area contributed by atoms with Crippen molar-refractivity contribution in [2.24, 2.45) is 5.41 Å². The van der Waals surface area contributed by atoms with Crippen molar-refractivity contribution in [1.82, 2.24) is 4.90 Å². The van der Waals surface area contributed by atoms with Crippen LogP contribution >= 0.6 is 11.8 Å². The number of hydrogen-bond acceptors (Lipinski definition) is 3. The third-order valence-corrected chi connectivity index (χ3v) is 3.27. The molecule has 1 atom stereocenters. The molecule has 0 aromatic heterocycles. The van der Waals surface area contributed by atoms with Crippen LogP contribution in [-0.4, -0.2) is 47.6 Å². The van der Waals surface area contributed by atoms with Crippen LogP contribution in [0.5, 0.6) is 0 Å². The normalized spacial score (nSPS) is 29.4. The third-order valence-electron chi connectivity index (χ3n) is 2.68. The summed E-state index contributed by atoms with van der Waals surface area (Å²) in [7, 11) is 0. The molecular weight excluding hydrogens is 186 g/mol. The van der Waals surface area contributed by atoms with Crippen molar-refractivity contribution in [3.05, 3.63) is 0 Å². The van der Waals surface area contributed by atoms with Gasteiger partial charge in [-0.15, -0.1) is 0 Å². The Hall–Kier alpha value is -0.220. The number of aliphatic carboxylic acids is 1. The Balaban J connectivity index is 2.39. The molecule has 1 aliphatic rings. The molecule has 1 heterocycles. The zero-order valence-electron chi connectivity index (χ0n) is 8.25. The van der Waals surface area contributed by atoms with Gasteiger partial charge >= 0.3 is 5.97 Å². The van der Waals surface area contributed by atoms with Crippen molar-refractivity contribution in [3.8, 4) is 0 Å². The monoisotopic (exact) mass is 203 g/mol. The van der Waals surface area contributed by atoms with Gasteiger partial charge in [-0.2, -0.15) is 11.8 Å². The molecule has 3 nitrogen and oxygen atoms in total. The number of carboxylic acids is 1. The summed E-state index contributed by atoms with van der Waals surface area (Å²) in [6.07, 6.45) is 2.86. The maximum atomic E-state index is 10.9. The molecule has 1 rings (SSSR count). The maximum Gasteiger partial charge on any atom is 0.310 e. The van der Waals surface area contributed by atoms with Gasteiger partial charge in [0.15, 0.2) is 0 Å². The lowest BCUT2D eigenvalue weighted by Gasteiger charge is -2.19. The van der Waals surface area contributed by atoms with Gasteiger partial charge < -0.3 is 10.0 Å². The van der Waals surface area contributed by atoms with Crippen LogP contribution in [0.1, 0.15) is 13.3 Å². The second-order valence-corrected chi connectivity index (χ2v) is 4.87. The molecule has 1 N–H and O–H groups in total. The van der Waals surface area contributed by atoms with Gasteiger partial charge in [0.1, 0.15) is 0 Å². The highest BCUT2D eigenvalue weighted by atomic mass is 32.2. The quantitative estimate of drug-likeness (QED) is 0.744. The predicted octanol–water partition coefficient (Wildman–Crippen LogP) is 1.15. The van der Waals surface area contributed by atoms with Crippen LogP contribution in [0.3, 0.4) is 0 Å². The first-order valence-electron chi connectivity index (χ1n) is 4.53. The van der Waals surface area contributed by atoms with Crippen molar-refractivity contribution < 1.29 is 9.90 Å². The number of nitrogens with zero attached hydrogens (tertiary/aromatic N) is 1. The van der Waals surface area contributed by atoms with Crippen LogP contribution in [0.25, 0.3) is 0 Å². The first kappa shape index (κ1) is 10.9. The van der Waals surface area contributed by atoms with E-state index >= 15 is 0 Å². The summed E-state index contributed by atoms with van der Waals surface area (Å²) in [6, 6.07) is 0. The van der Waals surface area contributed by atoms with Gasteiger partial charge in [0, 0.05) is 18.8 Å². The lowest BCUT2D eigenvalue weighted by molar-refractivity contribution is -0.147. The zero-order valence-corrected chi connectivity index (χ0v) is 9.06. The summed E-state index contributed by atoms with van der Waals surface area (Å²) in [5, 5.41) is 8.98. The molecule has 0 radical (unpaired) electrons. The molecule has 1 fully saturated rings. The molecule has 0 bridgehead atoms. The van der Waals surface area contributed by atoms with Crippen LogP contribution in [0.4, 0.5) is 0 Å². The number of thioether (sulfide) groups is 1. The molecule has 1 aliphatic heterocycles. The van der Waals surface area contributed by atoms with Crippen LogP contribution in [0.15, 0.2) is 0 Å². The smallest absolute Gasteiger partial charge is 0.310 e.